The number of carbonyl (C=O) groups excluding carboxylic acids is 3. The molecule has 0 saturated carbocycles. The maximum Gasteiger partial charge on any atom is 0.343 e. The highest BCUT2D eigenvalue weighted by Crippen LogP contribution is 2.16. The fraction of sp³-hybridized carbons (Fsp3) is 0.0833. The van der Waals surface area contributed by atoms with Crippen molar-refractivity contribution < 1.29 is 28.2 Å². The van der Waals surface area contributed by atoms with E-state index in [2.05, 4.69) is 15.8 Å². The average molecular weight is 449 g/mol. The Labute approximate surface area is 189 Å². The van der Waals surface area contributed by atoms with E-state index in [4.69, 9.17) is 9.47 Å². The maximum absolute atomic E-state index is 12.9. The normalized spacial score (nSPS) is 10.5. The third kappa shape index (κ3) is 7.00. The van der Waals surface area contributed by atoms with E-state index >= 15 is 0 Å². The molecule has 3 rings (SSSR count). The van der Waals surface area contributed by atoms with Crippen LogP contribution >= 0.6 is 0 Å². The lowest BCUT2D eigenvalue weighted by Crippen LogP contribution is -2.34. The molecule has 0 aliphatic heterocycles. The second kappa shape index (κ2) is 11.2. The third-order valence-electron chi connectivity index (χ3n) is 4.31. The summed E-state index contributed by atoms with van der Waals surface area (Å²) in [6.07, 6.45) is 1.37. The number of hydrazone groups is 1. The smallest absolute Gasteiger partial charge is 0.343 e. The SMILES string of the molecule is COc1ccc(C(=O)Oc2cccc(/C=N\NC(=O)CNC(=O)c3ccc(F)cc3)c2)cc1. The van der Waals surface area contributed by atoms with Gasteiger partial charge in [-0.25, -0.2) is 14.6 Å². The van der Waals surface area contributed by atoms with Crippen LogP contribution < -0.4 is 20.2 Å². The van der Waals surface area contributed by atoms with Gasteiger partial charge >= 0.3 is 5.97 Å². The Kier molecular flexibility index (Phi) is 7.85. The van der Waals surface area contributed by atoms with Gasteiger partial charge in [-0.15, -0.1) is 0 Å². The van der Waals surface area contributed by atoms with Crippen LogP contribution in [0.2, 0.25) is 0 Å². The minimum absolute atomic E-state index is 0.230. The molecule has 2 N–H and O–H groups in total. The number of carbonyl (C=O) groups is 3. The summed E-state index contributed by atoms with van der Waals surface area (Å²) < 4.78 is 23.3. The van der Waals surface area contributed by atoms with Gasteiger partial charge in [-0.2, -0.15) is 5.10 Å². The van der Waals surface area contributed by atoms with E-state index in [0.717, 1.165) is 12.1 Å². The number of hydrogen-bond donors (Lipinski definition) is 2. The molecule has 9 heteroatoms. The first-order valence-electron chi connectivity index (χ1n) is 9.76. The summed E-state index contributed by atoms with van der Waals surface area (Å²) in [4.78, 5) is 36.0. The number of ether oxygens (including phenoxy) is 2. The van der Waals surface area contributed by atoms with Crippen LogP contribution in [0.3, 0.4) is 0 Å². The number of methoxy groups -OCH3 is 1. The van der Waals surface area contributed by atoms with Crippen molar-refractivity contribution in [3.63, 3.8) is 0 Å². The van der Waals surface area contributed by atoms with Crippen LogP contribution in [0, 0.1) is 5.82 Å². The van der Waals surface area contributed by atoms with Gasteiger partial charge in [0.05, 0.1) is 25.4 Å². The van der Waals surface area contributed by atoms with Crippen molar-refractivity contribution in [2.24, 2.45) is 5.10 Å². The molecule has 0 fully saturated rings. The Morgan fingerprint density at radius 2 is 1.64 bits per heavy atom. The quantitative estimate of drug-likeness (QED) is 0.238. The number of benzene rings is 3. The lowest BCUT2D eigenvalue weighted by Gasteiger charge is -2.06. The highest BCUT2D eigenvalue weighted by atomic mass is 19.1. The van der Waals surface area contributed by atoms with Crippen LogP contribution in [-0.4, -0.2) is 37.7 Å². The minimum atomic E-state index is -0.552. The Bertz CT molecular complexity index is 1160. The van der Waals surface area contributed by atoms with E-state index in [9.17, 15) is 18.8 Å². The molecule has 33 heavy (non-hydrogen) atoms. The van der Waals surface area contributed by atoms with Gasteiger partial charge in [-0.05, 0) is 66.2 Å². The lowest BCUT2D eigenvalue weighted by molar-refractivity contribution is -0.120. The van der Waals surface area contributed by atoms with Crippen molar-refractivity contribution in [1.29, 1.82) is 0 Å². The van der Waals surface area contributed by atoms with E-state index in [0.29, 0.717) is 22.6 Å². The molecular formula is C24H20FN3O5. The lowest BCUT2D eigenvalue weighted by atomic mass is 10.2. The molecule has 0 aliphatic rings. The van der Waals surface area contributed by atoms with Gasteiger partial charge in [0.2, 0.25) is 0 Å². The molecular weight excluding hydrogens is 429 g/mol. The van der Waals surface area contributed by atoms with Crippen LogP contribution in [0.15, 0.2) is 77.9 Å². The summed E-state index contributed by atoms with van der Waals surface area (Å²) >= 11 is 0. The number of halogens is 1. The highest BCUT2D eigenvalue weighted by molar-refractivity contribution is 5.96. The summed E-state index contributed by atoms with van der Waals surface area (Å²) in [6.45, 7) is -0.312. The fourth-order valence-electron chi connectivity index (χ4n) is 2.63. The number of hydrogen-bond acceptors (Lipinski definition) is 6. The van der Waals surface area contributed by atoms with Crippen LogP contribution in [-0.2, 0) is 4.79 Å². The Hall–Kier alpha value is -4.53. The van der Waals surface area contributed by atoms with Crippen molar-refractivity contribution in [1.82, 2.24) is 10.7 Å². The summed E-state index contributed by atoms with van der Waals surface area (Å²) in [5.41, 5.74) is 3.45. The number of rotatable bonds is 8. The monoisotopic (exact) mass is 449 g/mol. The number of esters is 1. The minimum Gasteiger partial charge on any atom is -0.497 e. The van der Waals surface area contributed by atoms with E-state index < -0.39 is 23.6 Å². The predicted octanol–water partition coefficient (Wildman–Crippen LogP) is 2.93. The number of nitrogens with one attached hydrogen (secondary N) is 2. The van der Waals surface area contributed by atoms with Crippen molar-refractivity contribution in [2.75, 3.05) is 13.7 Å². The first-order valence-corrected chi connectivity index (χ1v) is 9.76. The molecule has 168 valence electrons. The van der Waals surface area contributed by atoms with Crippen LogP contribution in [0.5, 0.6) is 11.5 Å². The fourth-order valence-corrected chi connectivity index (χ4v) is 2.63. The van der Waals surface area contributed by atoms with Gasteiger partial charge in [-0.3, -0.25) is 9.59 Å². The molecule has 0 bridgehead atoms. The van der Waals surface area contributed by atoms with Crippen LogP contribution in [0.1, 0.15) is 26.3 Å². The van der Waals surface area contributed by atoms with Gasteiger partial charge in [-0.1, -0.05) is 12.1 Å². The summed E-state index contributed by atoms with van der Waals surface area (Å²) in [6, 6.07) is 18.0. The second-order valence-corrected chi connectivity index (χ2v) is 6.67. The number of amides is 2. The Morgan fingerprint density at radius 3 is 2.33 bits per heavy atom. The second-order valence-electron chi connectivity index (χ2n) is 6.67. The summed E-state index contributed by atoms with van der Waals surface area (Å²) in [5.74, 6) is -1.13. The Morgan fingerprint density at radius 1 is 0.939 bits per heavy atom. The van der Waals surface area contributed by atoms with Gasteiger partial charge in [0, 0.05) is 5.56 Å². The molecule has 0 saturated heterocycles. The van der Waals surface area contributed by atoms with Gasteiger partial charge in [0.15, 0.2) is 0 Å². The molecule has 0 spiro atoms. The van der Waals surface area contributed by atoms with E-state index in [1.807, 2.05) is 0 Å². The van der Waals surface area contributed by atoms with Crippen molar-refractivity contribution in [3.8, 4) is 11.5 Å². The summed E-state index contributed by atoms with van der Waals surface area (Å²) in [5, 5.41) is 6.23. The average Bonchev–Trinajstić information content (AvgIpc) is 2.83. The molecule has 3 aromatic rings. The van der Waals surface area contributed by atoms with Crippen LogP contribution in [0.25, 0.3) is 0 Å². The highest BCUT2D eigenvalue weighted by Gasteiger charge is 2.10. The number of nitrogens with zero attached hydrogens (tertiary/aromatic N) is 1. The molecule has 0 atom stereocenters. The molecule has 0 aromatic heterocycles. The maximum atomic E-state index is 12.9. The van der Waals surface area contributed by atoms with Crippen molar-refractivity contribution in [3.05, 3.63) is 95.3 Å². The Balaban J connectivity index is 1.49. The van der Waals surface area contributed by atoms with Crippen molar-refractivity contribution >= 4 is 24.0 Å². The van der Waals surface area contributed by atoms with Gasteiger partial charge in [0.25, 0.3) is 11.8 Å². The van der Waals surface area contributed by atoms with Gasteiger partial charge < -0.3 is 14.8 Å². The molecule has 0 aliphatic carbocycles. The van der Waals surface area contributed by atoms with Gasteiger partial charge in [0.1, 0.15) is 17.3 Å². The van der Waals surface area contributed by atoms with Crippen LogP contribution in [0.4, 0.5) is 4.39 Å². The first-order chi connectivity index (χ1) is 15.9. The molecule has 0 heterocycles. The zero-order valence-electron chi connectivity index (χ0n) is 17.6. The van der Waals surface area contributed by atoms with Crippen molar-refractivity contribution in [2.45, 2.75) is 0 Å². The molecule has 2 amide bonds. The third-order valence-corrected chi connectivity index (χ3v) is 4.31. The van der Waals surface area contributed by atoms with E-state index in [1.54, 1.807) is 48.5 Å². The predicted molar refractivity (Wildman–Crippen MR) is 119 cm³/mol. The topological polar surface area (TPSA) is 106 Å². The molecule has 3 aromatic carbocycles. The molecule has 0 radical (unpaired) electrons. The largest absolute Gasteiger partial charge is 0.497 e. The zero-order valence-corrected chi connectivity index (χ0v) is 17.6. The molecule has 0 unspecified atom stereocenters. The standard InChI is InChI=1S/C24H20FN3O5/c1-32-20-11-7-18(8-12-20)24(31)33-21-4-2-3-16(13-21)14-27-28-22(29)15-26-23(30)17-5-9-19(25)10-6-17/h2-14H,15H2,1H3,(H,26,30)(H,28,29)/b27-14-. The van der Waals surface area contributed by atoms with E-state index in [-0.39, 0.29) is 12.1 Å². The molecule has 8 nitrogen and oxygen atoms in total. The summed E-state index contributed by atoms with van der Waals surface area (Å²) in [7, 11) is 1.53. The zero-order chi connectivity index (χ0) is 23.6. The first kappa shape index (κ1) is 23.1. The van der Waals surface area contributed by atoms with E-state index in [1.165, 1.54) is 25.5 Å².